The van der Waals surface area contributed by atoms with Crippen molar-refractivity contribution in [1.82, 2.24) is 0 Å². The third kappa shape index (κ3) is 6.83. The molecule has 330 valence electrons. The Morgan fingerprint density at radius 3 is 1.46 bits per heavy atom. The van der Waals surface area contributed by atoms with Crippen LogP contribution in [0.25, 0.3) is 64.0 Å². The number of hydrogen-bond acceptors (Lipinski definition) is 6. The molecular weight excluding hydrogens is 891 g/mol. The van der Waals surface area contributed by atoms with Crippen molar-refractivity contribution >= 4 is 127 Å². The fourth-order valence-corrected chi connectivity index (χ4v) is 12.7. The summed E-state index contributed by atoms with van der Waals surface area (Å²) in [6.07, 6.45) is 0. The first-order chi connectivity index (χ1) is 34.7. The first kappa shape index (κ1) is 40.5. The number of fused-ring (bicyclic) bond motifs is 8. The summed E-state index contributed by atoms with van der Waals surface area (Å²) in [4.78, 5) is 9.58. The lowest BCUT2D eigenvalue weighted by molar-refractivity contribution is 0.669. The highest BCUT2D eigenvalue weighted by atomic mass is 32.2. The molecule has 6 heteroatoms. The second-order valence-corrected chi connectivity index (χ2v) is 19.9. The van der Waals surface area contributed by atoms with Crippen LogP contribution >= 0.6 is 23.1 Å². The van der Waals surface area contributed by atoms with E-state index in [1.165, 1.54) is 51.9 Å². The molecule has 0 amide bonds. The molecule has 13 aromatic rings. The van der Waals surface area contributed by atoms with Gasteiger partial charge in [0.25, 0.3) is 0 Å². The van der Waals surface area contributed by atoms with E-state index in [0.29, 0.717) is 0 Å². The van der Waals surface area contributed by atoms with Gasteiger partial charge in [0, 0.05) is 103 Å². The van der Waals surface area contributed by atoms with Crippen molar-refractivity contribution in [2.24, 2.45) is 0 Å². The lowest BCUT2D eigenvalue weighted by Crippen LogP contribution is -2.10. The molecule has 0 fully saturated rings. The molecule has 0 spiro atoms. The number of thiophene rings is 1. The predicted octanol–water partition coefficient (Wildman–Crippen LogP) is 19.6. The van der Waals surface area contributed by atoms with E-state index in [1.54, 1.807) is 0 Å². The van der Waals surface area contributed by atoms with E-state index >= 15 is 0 Å². The van der Waals surface area contributed by atoms with Gasteiger partial charge in [-0.3, -0.25) is 0 Å². The maximum absolute atomic E-state index is 6.76. The molecule has 0 unspecified atom stereocenters. The minimum absolute atomic E-state index is 0.839. The summed E-state index contributed by atoms with van der Waals surface area (Å²) in [5.41, 5.74) is 14.1. The maximum atomic E-state index is 6.76. The molecule has 70 heavy (non-hydrogen) atoms. The molecule has 0 bridgehead atoms. The number of nitrogens with zero attached hydrogens (tertiary/aromatic N) is 3. The van der Waals surface area contributed by atoms with Crippen LogP contribution in [0, 0.1) is 0 Å². The fraction of sp³-hybridized carbons (Fsp3) is 0. The molecule has 11 aromatic carbocycles. The van der Waals surface area contributed by atoms with Crippen LogP contribution in [0.4, 0.5) is 51.2 Å². The third-order valence-electron chi connectivity index (χ3n) is 13.6. The molecule has 14 rings (SSSR count). The molecule has 1 aliphatic rings. The largest absolute Gasteiger partial charge is 0.456 e. The van der Waals surface area contributed by atoms with Gasteiger partial charge in [0.15, 0.2) is 0 Å². The van der Waals surface area contributed by atoms with Gasteiger partial charge in [-0.05, 0) is 144 Å². The van der Waals surface area contributed by atoms with Crippen LogP contribution in [0.15, 0.2) is 263 Å². The molecule has 3 heterocycles. The van der Waals surface area contributed by atoms with Crippen molar-refractivity contribution < 1.29 is 4.42 Å². The smallest absolute Gasteiger partial charge is 0.137 e. The van der Waals surface area contributed by atoms with Gasteiger partial charge >= 0.3 is 0 Å². The van der Waals surface area contributed by atoms with E-state index in [-0.39, 0.29) is 0 Å². The van der Waals surface area contributed by atoms with E-state index in [1.807, 2.05) is 23.1 Å². The highest BCUT2D eigenvalue weighted by Gasteiger charge is 2.23. The Morgan fingerprint density at radius 2 is 0.800 bits per heavy atom. The van der Waals surface area contributed by atoms with E-state index in [0.717, 1.165) is 73.1 Å². The zero-order chi connectivity index (χ0) is 46.1. The van der Waals surface area contributed by atoms with Crippen molar-refractivity contribution in [3.05, 3.63) is 249 Å². The number of para-hydroxylation sites is 4. The van der Waals surface area contributed by atoms with Crippen molar-refractivity contribution in [2.45, 2.75) is 9.79 Å². The topological polar surface area (TPSA) is 22.9 Å². The fourth-order valence-electron chi connectivity index (χ4n) is 10.4. The van der Waals surface area contributed by atoms with Crippen LogP contribution in [-0.4, -0.2) is 0 Å². The average Bonchev–Trinajstić information content (AvgIpc) is 3.97. The summed E-state index contributed by atoms with van der Waals surface area (Å²) < 4.78 is 9.25. The second kappa shape index (κ2) is 16.6. The van der Waals surface area contributed by atoms with Crippen LogP contribution in [-0.2, 0) is 0 Å². The predicted molar refractivity (Wildman–Crippen MR) is 298 cm³/mol. The van der Waals surface area contributed by atoms with Crippen LogP contribution in [0.1, 0.15) is 0 Å². The molecule has 0 radical (unpaired) electrons. The highest BCUT2D eigenvalue weighted by molar-refractivity contribution is 7.99. The number of hydrogen-bond donors (Lipinski definition) is 0. The molecule has 4 nitrogen and oxygen atoms in total. The quantitative estimate of drug-likeness (QED) is 0.143. The van der Waals surface area contributed by atoms with Gasteiger partial charge in [-0.15, -0.1) is 11.3 Å². The normalized spacial score (nSPS) is 11.9. The molecule has 0 atom stereocenters. The summed E-state index contributed by atoms with van der Waals surface area (Å²) in [7, 11) is 0. The molecule has 0 saturated carbocycles. The zero-order valence-corrected chi connectivity index (χ0v) is 39.4. The lowest BCUT2D eigenvalue weighted by atomic mass is 9.97. The third-order valence-corrected chi connectivity index (χ3v) is 15.8. The van der Waals surface area contributed by atoms with Gasteiger partial charge in [-0.1, -0.05) is 127 Å². The van der Waals surface area contributed by atoms with Crippen molar-refractivity contribution in [2.75, 3.05) is 14.7 Å². The van der Waals surface area contributed by atoms with Gasteiger partial charge in [0.05, 0.1) is 0 Å². The van der Waals surface area contributed by atoms with Gasteiger partial charge in [0.2, 0.25) is 0 Å². The molecular formula is C64H41N3OS2. The van der Waals surface area contributed by atoms with Crippen molar-refractivity contribution in [3.8, 4) is 11.1 Å². The molecule has 0 N–H and O–H groups in total. The van der Waals surface area contributed by atoms with E-state index in [2.05, 4.69) is 263 Å². The Labute approximate surface area is 413 Å². The van der Waals surface area contributed by atoms with Gasteiger partial charge < -0.3 is 19.1 Å². The Morgan fingerprint density at radius 1 is 0.286 bits per heavy atom. The summed E-state index contributed by atoms with van der Waals surface area (Å²) in [5.74, 6) is 0. The minimum Gasteiger partial charge on any atom is -0.456 e. The highest BCUT2D eigenvalue weighted by Crippen LogP contribution is 2.51. The monoisotopic (exact) mass is 931 g/mol. The van der Waals surface area contributed by atoms with E-state index in [4.69, 9.17) is 4.42 Å². The van der Waals surface area contributed by atoms with E-state index in [9.17, 15) is 0 Å². The number of anilines is 9. The maximum Gasteiger partial charge on any atom is 0.137 e. The SMILES string of the molecule is c1ccc(N(c2ccccc2)c2ccc3c(c2)sc2ccc(N(c4ccccc4)c4ccc5c(c4)oc4ccc(N(c6ccccc6)c6ccc7c(c6)Sc6cccc8cccc-7c68)cc45)cc23)cc1. The van der Waals surface area contributed by atoms with Crippen LogP contribution in [0.5, 0.6) is 0 Å². The summed E-state index contributed by atoms with van der Waals surface area (Å²) in [6.45, 7) is 0. The Hall–Kier alpha value is -8.55. The Kier molecular flexibility index (Phi) is 9.61. The Bertz CT molecular complexity index is 4070. The summed E-state index contributed by atoms with van der Waals surface area (Å²) in [5, 5.41) is 7.23. The molecule has 0 aliphatic carbocycles. The first-order valence-electron chi connectivity index (χ1n) is 23.6. The van der Waals surface area contributed by atoms with Gasteiger partial charge in [-0.2, -0.15) is 0 Å². The zero-order valence-electron chi connectivity index (χ0n) is 37.7. The number of furan rings is 1. The van der Waals surface area contributed by atoms with Crippen LogP contribution in [0.3, 0.4) is 0 Å². The average molecular weight is 932 g/mol. The van der Waals surface area contributed by atoms with Gasteiger partial charge in [-0.25, -0.2) is 0 Å². The van der Waals surface area contributed by atoms with Crippen LogP contribution in [0.2, 0.25) is 0 Å². The van der Waals surface area contributed by atoms with Crippen molar-refractivity contribution in [1.29, 1.82) is 0 Å². The number of benzene rings is 11. The second-order valence-electron chi connectivity index (χ2n) is 17.7. The lowest BCUT2D eigenvalue weighted by Gasteiger charge is -2.28. The standard InChI is InChI=1S/C64H41N3OS2/c1-5-17-43(18-6-1)65(44-19-7-2-8-20-44)50-29-34-54-57-38-48(31-36-60(57)69-63(54)40-50)66(45-21-9-3-10-22-45)49-27-32-52-56-37-47(30-35-58(56)68-59(52)39-49)67(46-23-11-4-12-24-46)51-28-33-53-55-25-13-15-42-16-14-26-61(64(42)55)70-62(53)41-51/h1-41H. The van der Waals surface area contributed by atoms with Crippen molar-refractivity contribution in [3.63, 3.8) is 0 Å². The van der Waals surface area contributed by atoms with Gasteiger partial charge in [0.1, 0.15) is 11.2 Å². The molecule has 0 saturated heterocycles. The summed E-state index contributed by atoms with van der Waals surface area (Å²) >= 11 is 3.70. The minimum atomic E-state index is 0.839. The van der Waals surface area contributed by atoms with Crippen LogP contribution < -0.4 is 14.7 Å². The summed E-state index contributed by atoms with van der Waals surface area (Å²) in [6, 6.07) is 89.7. The first-order valence-corrected chi connectivity index (χ1v) is 25.2. The molecule has 1 aliphatic heterocycles. The Balaban J connectivity index is 0.845. The molecule has 2 aromatic heterocycles. The number of rotatable bonds is 9. The van der Waals surface area contributed by atoms with E-state index < -0.39 is 0 Å².